The van der Waals surface area contributed by atoms with E-state index in [0.29, 0.717) is 39.3 Å². The minimum Gasteiger partial charge on any atom is -0.389 e. The zero-order valence-corrected chi connectivity index (χ0v) is 12.1. The van der Waals surface area contributed by atoms with E-state index < -0.39 is 16.1 Å². The van der Waals surface area contributed by atoms with Gasteiger partial charge in [-0.25, -0.2) is 13.1 Å². The fourth-order valence-electron chi connectivity index (χ4n) is 1.26. The maximum Gasteiger partial charge on any atom is 0.208 e. The van der Waals surface area contributed by atoms with E-state index in [-0.39, 0.29) is 0 Å². The predicted octanol–water partition coefficient (Wildman–Crippen LogP) is -0.307. The van der Waals surface area contributed by atoms with Crippen LogP contribution in [0.2, 0.25) is 0 Å². The SMILES string of the molecule is CCCCOCC(O)CNCCCNS(C)(=O)=O. The molecule has 110 valence electrons. The summed E-state index contributed by atoms with van der Waals surface area (Å²) in [5, 5.41) is 12.6. The number of aliphatic hydroxyl groups is 1. The molecule has 3 N–H and O–H groups in total. The molecule has 0 heterocycles. The Morgan fingerprint density at radius 2 is 2.00 bits per heavy atom. The molecule has 1 atom stereocenters. The maximum atomic E-state index is 10.8. The first-order valence-electron chi connectivity index (χ1n) is 6.37. The molecule has 0 saturated carbocycles. The lowest BCUT2D eigenvalue weighted by Crippen LogP contribution is -2.32. The van der Waals surface area contributed by atoms with Crippen molar-refractivity contribution in [2.45, 2.75) is 32.3 Å². The average Bonchev–Trinajstić information content (AvgIpc) is 2.28. The fourth-order valence-corrected chi connectivity index (χ4v) is 1.78. The Labute approximate surface area is 110 Å². The van der Waals surface area contributed by atoms with E-state index in [1.807, 2.05) is 0 Å². The molecule has 7 heteroatoms. The Balaban J connectivity index is 3.27. The van der Waals surface area contributed by atoms with Crippen molar-refractivity contribution >= 4 is 10.0 Å². The number of ether oxygens (including phenoxy) is 1. The Morgan fingerprint density at radius 3 is 2.61 bits per heavy atom. The van der Waals surface area contributed by atoms with Gasteiger partial charge in [0.25, 0.3) is 0 Å². The molecule has 0 spiro atoms. The largest absolute Gasteiger partial charge is 0.389 e. The number of hydrogen-bond donors (Lipinski definition) is 3. The van der Waals surface area contributed by atoms with Crippen molar-refractivity contribution in [2.24, 2.45) is 0 Å². The lowest BCUT2D eigenvalue weighted by molar-refractivity contribution is 0.0360. The summed E-state index contributed by atoms with van der Waals surface area (Å²) in [5.74, 6) is 0. The third-order valence-corrected chi connectivity index (χ3v) is 2.96. The number of sulfonamides is 1. The van der Waals surface area contributed by atoms with Crippen LogP contribution >= 0.6 is 0 Å². The van der Waals surface area contributed by atoms with Gasteiger partial charge in [-0.3, -0.25) is 0 Å². The van der Waals surface area contributed by atoms with Gasteiger partial charge in [0, 0.05) is 19.7 Å². The summed E-state index contributed by atoms with van der Waals surface area (Å²) >= 11 is 0. The molecular formula is C11H26N2O4S. The van der Waals surface area contributed by atoms with Crippen molar-refractivity contribution in [3.63, 3.8) is 0 Å². The van der Waals surface area contributed by atoms with Crippen LogP contribution in [0.5, 0.6) is 0 Å². The molecule has 0 aromatic rings. The molecule has 0 aliphatic heterocycles. The first-order valence-corrected chi connectivity index (χ1v) is 8.26. The lowest BCUT2D eigenvalue weighted by atomic mass is 10.3. The van der Waals surface area contributed by atoms with Gasteiger partial charge in [0.15, 0.2) is 0 Å². The normalized spacial score (nSPS) is 13.7. The molecule has 0 saturated heterocycles. The third-order valence-electron chi connectivity index (χ3n) is 2.23. The van der Waals surface area contributed by atoms with Crippen molar-refractivity contribution in [1.29, 1.82) is 0 Å². The Morgan fingerprint density at radius 1 is 1.28 bits per heavy atom. The van der Waals surface area contributed by atoms with Gasteiger partial charge in [0.05, 0.1) is 19.0 Å². The molecule has 0 amide bonds. The van der Waals surface area contributed by atoms with Crippen LogP contribution in [0.4, 0.5) is 0 Å². The molecule has 0 radical (unpaired) electrons. The average molecular weight is 282 g/mol. The summed E-state index contributed by atoms with van der Waals surface area (Å²) in [7, 11) is -3.09. The van der Waals surface area contributed by atoms with Gasteiger partial charge in [-0.15, -0.1) is 0 Å². The van der Waals surface area contributed by atoms with E-state index in [2.05, 4.69) is 17.0 Å². The number of hydrogen-bond acceptors (Lipinski definition) is 5. The lowest BCUT2D eigenvalue weighted by Gasteiger charge is -2.12. The molecule has 0 aliphatic carbocycles. The molecule has 0 aromatic carbocycles. The quantitative estimate of drug-likeness (QED) is 0.428. The summed E-state index contributed by atoms with van der Waals surface area (Å²) < 4.78 is 29.2. The van der Waals surface area contributed by atoms with Crippen molar-refractivity contribution in [3.8, 4) is 0 Å². The van der Waals surface area contributed by atoms with E-state index >= 15 is 0 Å². The summed E-state index contributed by atoms with van der Waals surface area (Å²) in [5.41, 5.74) is 0. The van der Waals surface area contributed by atoms with Crippen LogP contribution in [0, 0.1) is 0 Å². The summed E-state index contributed by atoms with van der Waals surface area (Å²) in [6, 6.07) is 0. The number of rotatable bonds is 12. The number of nitrogens with one attached hydrogen (secondary N) is 2. The van der Waals surface area contributed by atoms with Crippen molar-refractivity contribution in [1.82, 2.24) is 10.0 Å². The third kappa shape index (κ3) is 13.9. The van der Waals surface area contributed by atoms with Gasteiger partial charge in [-0.1, -0.05) is 13.3 Å². The second-order valence-corrected chi connectivity index (χ2v) is 6.14. The van der Waals surface area contributed by atoms with Crippen LogP contribution in [-0.2, 0) is 14.8 Å². The van der Waals surface area contributed by atoms with Crippen LogP contribution in [0.15, 0.2) is 0 Å². The molecule has 0 aliphatic rings. The van der Waals surface area contributed by atoms with E-state index in [1.165, 1.54) is 0 Å². The standard InChI is InChI=1S/C11H26N2O4S/c1-3-4-8-17-10-11(14)9-12-6-5-7-13-18(2,15)16/h11-14H,3-10H2,1-2H3. The molecule has 0 bridgehead atoms. The second kappa shape index (κ2) is 10.7. The highest BCUT2D eigenvalue weighted by atomic mass is 32.2. The van der Waals surface area contributed by atoms with Gasteiger partial charge in [-0.2, -0.15) is 0 Å². The number of unbranched alkanes of at least 4 members (excludes halogenated alkanes) is 1. The zero-order chi connectivity index (χ0) is 13.9. The van der Waals surface area contributed by atoms with Crippen LogP contribution in [-0.4, -0.2) is 58.7 Å². The first-order chi connectivity index (χ1) is 8.45. The van der Waals surface area contributed by atoms with Crippen molar-refractivity contribution in [3.05, 3.63) is 0 Å². The predicted molar refractivity (Wildman–Crippen MR) is 72.1 cm³/mol. The van der Waals surface area contributed by atoms with Gasteiger partial charge in [0.2, 0.25) is 10.0 Å². The molecule has 0 aromatic heterocycles. The van der Waals surface area contributed by atoms with Gasteiger partial charge in [-0.05, 0) is 19.4 Å². The minimum atomic E-state index is -3.09. The van der Waals surface area contributed by atoms with E-state index in [0.717, 1.165) is 19.1 Å². The van der Waals surface area contributed by atoms with Gasteiger partial charge >= 0.3 is 0 Å². The maximum absolute atomic E-state index is 10.8. The van der Waals surface area contributed by atoms with E-state index in [4.69, 9.17) is 4.74 Å². The summed E-state index contributed by atoms with van der Waals surface area (Å²) in [4.78, 5) is 0. The molecule has 0 rings (SSSR count). The Kier molecular flexibility index (Phi) is 10.6. The molecular weight excluding hydrogens is 256 g/mol. The highest BCUT2D eigenvalue weighted by molar-refractivity contribution is 7.88. The van der Waals surface area contributed by atoms with Crippen LogP contribution in [0.3, 0.4) is 0 Å². The van der Waals surface area contributed by atoms with Crippen LogP contribution in [0.25, 0.3) is 0 Å². The highest BCUT2D eigenvalue weighted by Gasteiger charge is 2.03. The zero-order valence-electron chi connectivity index (χ0n) is 11.3. The van der Waals surface area contributed by atoms with E-state index in [1.54, 1.807) is 0 Å². The topological polar surface area (TPSA) is 87.7 Å². The van der Waals surface area contributed by atoms with Crippen LogP contribution < -0.4 is 10.0 Å². The van der Waals surface area contributed by atoms with Crippen molar-refractivity contribution in [2.75, 3.05) is 39.1 Å². The van der Waals surface area contributed by atoms with Gasteiger partial charge in [0.1, 0.15) is 0 Å². The second-order valence-electron chi connectivity index (χ2n) is 4.31. The van der Waals surface area contributed by atoms with E-state index in [9.17, 15) is 13.5 Å². The molecule has 18 heavy (non-hydrogen) atoms. The minimum absolute atomic E-state index is 0.342. The Hall–Kier alpha value is -0.210. The summed E-state index contributed by atoms with van der Waals surface area (Å²) in [6.07, 6.45) is 3.41. The highest BCUT2D eigenvalue weighted by Crippen LogP contribution is 1.90. The number of aliphatic hydroxyl groups excluding tert-OH is 1. The summed E-state index contributed by atoms with van der Waals surface area (Å²) in [6.45, 7) is 4.65. The first kappa shape index (κ1) is 17.8. The van der Waals surface area contributed by atoms with Crippen LogP contribution in [0.1, 0.15) is 26.2 Å². The molecule has 6 nitrogen and oxygen atoms in total. The van der Waals surface area contributed by atoms with Crippen molar-refractivity contribution < 1.29 is 18.3 Å². The smallest absolute Gasteiger partial charge is 0.208 e. The Bertz CT molecular complexity index is 283. The molecule has 0 fully saturated rings. The molecule has 1 unspecified atom stereocenters. The fraction of sp³-hybridized carbons (Fsp3) is 1.00. The van der Waals surface area contributed by atoms with Gasteiger partial charge < -0.3 is 15.2 Å². The monoisotopic (exact) mass is 282 g/mol.